The zero-order valence-corrected chi connectivity index (χ0v) is 27.2. The topological polar surface area (TPSA) is 69.2 Å². The van der Waals surface area contributed by atoms with Crippen molar-refractivity contribution in [1.82, 2.24) is 14.9 Å². The molecule has 41 heavy (non-hydrogen) atoms. The van der Waals surface area contributed by atoms with Gasteiger partial charge in [0.1, 0.15) is 28.8 Å². The van der Waals surface area contributed by atoms with Crippen molar-refractivity contribution in [3.8, 4) is 28.4 Å². The van der Waals surface area contributed by atoms with Crippen LogP contribution in [0.1, 0.15) is 47.0 Å². The van der Waals surface area contributed by atoms with E-state index in [1.54, 1.807) is 14.2 Å². The van der Waals surface area contributed by atoms with Crippen molar-refractivity contribution in [2.75, 3.05) is 59.6 Å². The van der Waals surface area contributed by atoms with E-state index in [9.17, 15) is 0 Å². The van der Waals surface area contributed by atoms with Crippen molar-refractivity contribution < 1.29 is 18.9 Å². The lowest BCUT2D eigenvalue weighted by molar-refractivity contribution is 0.144. The Morgan fingerprint density at radius 3 is 2.59 bits per heavy atom. The van der Waals surface area contributed by atoms with Crippen LogP contribution in [0.25, 0.3) is 11.1 Å². The minimum atomic E-state index is 0.102. The molecule has 0 saturated carbocycles. The molecule has 0 radical (unpaired) electrons. The third kappa shape index (κ3) is 6.73. The summed E-state index contributed by atoms with van der Waals surface area (Å²) >= 11 is 2.43. The van der Waals surface area contributed by atoms with Gasteiger partial charge in [-0.05, 0) is 74.2 Å². The molecule has 0 N–H and O–H groups in total. The van der Waals surface area contributed by atoms with Gasteiger partial charge >= 0.3 is 0 Å². The molecule has 1 aromatic heterocycles. The Kier molecular flexibility index (Phi) is 9.25. The lowest BCUT2D eigenvalue weighted by Crippen LogP contribution is -2.32. The molecule has 9 heteroatoms. The van der Waals surface area contributed by atoms with E-state index < -0.39 is 0 Å². The fourth-order valence-corrected chi connectivity index (χ4v) is 5.78. The van der Waals surface area contributed by atoms with E-state index >= 15 is 0 Å². The van der Waals surface area contributed by atoms with Crippen LogP contribution in [0.3, 0.4) is 0 Å². The summed E-state index contributed by atoms with van der Waals surface area (Å²) in [5.74, 6) is 4.26. The number of methoxy groups -OCH3 is 2. The molecule has 1 atom stereocenters. The quantitative estimate of drug-likeness (QED) is 0.117. The van der Waals surface area contributed by atoms with Crippen molar-refractivity contribution in [1.29, 1.82) is 0 Å². The molecule has 220 valence electrons. The third-order valence-corrected chi connectivity index (χ3v) is 9.50. The van der Waals surface area contributed by atoms with Gasteiger partial charge in [-0.3, -0.25) is 4.90 Å². The zero-order valence-electron chi connectivity index (χ0n) is 25.0. The van der Waals surface area contributed by atoms with Crippen molar-refractivity contribution in [2.24, 2.45) is 5.41 Å². The monoisotopic (exact) mass is 672 g/mol. The first-order chi connectivity index (χ1) is 19.7. The maximum atomic E-state index is 6.26. The zero-order chi connectivity index (χ0) is 29.1. The Labute approximate surface area is 257 Å². The lowest BCUT2D eigenvalue weighted by atomic mass is 9.76. The molecule has 3 aromatic rings. The number of rotatable bonds is 9. The summed E-state index contributed by atoms with van der Waals surface area (Å²) in [6.45, 7) is 7.78. The summed E-state index contributed by atoms with van der Waals surface area (Å²) in [5.41, 5.74) is 6.02. The number of alkyl halides is 1. The molecular weight excluding hydrogens is 631 g/mol. The van der Waals surface area contributed by atoms with Crippen molar-refractivity contribution >= 4 is 28.4 Å². The number of hydrogen-bond acceptors (Lipinski definition) is 8. The molecule has 2 heterocycles. The van der Waals surface area contributed by atoms with E-state index in [4.69, 9.17) is 28.9 Å². The van der Waals surface area contributed by atoms with Gasteiger partial charge in [-0.2, -0.15) is 0 Å². The number of ether oxygens (including phenoxy) is 4. The van der Waals surface area contributed by atoms with Crippen molar-refractivity contribution in [2.45, 2.75) is 43.7 Å². The predicted octanol–water partition coefficient (Wildman–Crippen LogP) is 6.09. The molecule has 2 aromatic carbocycles. The lowest BCUT2D eigenvalue weighted by Gasteiger charge is -2.35. The van der Waals surface area contributed by atoms with Gasteiger partial charge in [-0.15, -0.1) is 0 Å². The number of aromatic nitrogens is 2. The molecule has 8 nitrogen and oxygen atoms in total. The second kappa shape index (κ2) is 12.7. The third-order valence-electron chi connectivity index (χ3n) is 7.83. The molecule has 0 spiro atoms. The molecule has 1 unspecified atom stereocenters. The van der Waals surface area contributed by atoms with Crippen LogP contribution in [0, 0.1) is 5.41 Å². The summed E-state index contributed by atoms with van der Waals surface area (Å²) in [4.78, 5) is 14.9. The molecule has 0 amide bonds. The largest absolute Gasteiger partial charge is 0.493 e. The average molecular weight is 673 g/mol. The highest BCUT2D eigenvalue weighted by Crippen LogP contribution is 2.41. The first kappa shape index (κ1) is 29.8. The van der Waals surface area contributed by atoms with Gasteiger partial charge in [-0.25, -0.2) is 9.97 Å². The molecule has 1 aliphatic heterocycles. The van der Waals surface area contributed by atoms with Gasteiger partial charge in [0, 0.05) is 30.5 Å². The van der Waals surface area contributed by atoms with Gasteiger partial charge in [0.25, 0.3) is 0 Å². The Bertz CT molecular complexity index is 1380. The highest BCUT2D eigenvalue weighted by molar-refractivity contribution is 14.1. The van der Waals surface area contributed by atoms with Crippen molar-refractivity contribution in [3.63, 3.8) is 0 Å². The minimum Gasteiger partial charge on any atom is -0.493 e. The number of nitrogens with zero attached hydrogens (tertiary/aromatic N) is 4. The van der Waals surface area contributed by atoms with Crippen LogP contribution >= 0.6 is 22.6 Å². The van der Waals surface area contributed by atoms with Crippen LogP contribution in [-0.4, -0.2) is 69.5 Å². The maximum Gasteiger partial charge on any atom is 0.161 e. The van der Waals surface area contributed by atoms with Gasteiger partial charge in [0.05, 0.1) is 20.3 Å². The van der Waals surface area contributed by atoms with Gasteiger partial charge in [-0.1, -0.05) is 48.6 Å². The first-order valence-electron chi connectivity index (χ1n) is 14.2. The molecule has 5 rings (SSSR count). The molecule has 0 saturated heterocycles. The van der Waals surface area contributed by atoms with Crippen LogP contribution in [0.5, 0.6) is 17.2 Å². The van der Waals surface area contributed by atoms with Crippen LogP contribution in [-0.2, 0) is 24.1 Å². The van der Waals surface area contributed by atoms with Crippen LogP contribution in [0.4, 0.5) is 5.82 Å². The number of anilines is 1. The van der Waals surface area contributed by atoms with E-state index in [0.717, 1.165) is 66.4 Å². The molecule has 2 aliphatic rings. The first-order valence-corrected chi connectivity index (χ1v) is 15.4. The number of hydrogen-bond donors (Lipinski definition) is 0. The standard InChI is InChI=1S/C32H41IN4O4/c1-32(2)12-11-25-24(19-32)31(35-30(34-25)29(33)36(3)4)37-13-14-40-26-9-7-21(17-23(26)20-37)22-8-10-27(28(18-22)39-6)41-16-15-38-5/h7-10,17-18,29H,11-16,19-20H2,1-6H3. The Morgan fingerprint density at radius 1 is 1.05 bits per heavy atom. The van der Waals surface area contributed by atoms with Crippen molar-refractivity contribution in [3.05, 3.63) is 59.0 Å². The van der Waals surface area contributed by atoms with Gasteiger partial charge < -0.3 is 23.8 Å². The molecule has 1 aliphatic carbocycles. The summed E-state index contributed by atoms with van der Waals surface area (Å²) in [5, 5.41) is 0. The second-order valence-corrected chi connectivity index (χ2v) is 13.0. The Hall–Kier alpha value is -2.63. The molecular formula is C32H41IN4O4. The summed E-state index contributed by atoms with van der Waals surface area (Å²) in [7, 11) is 7.48. The number of aryl methyl sites for hydroxylation is 1. The summed E-state index contributed by atoms with van der Waals surface area (Å²) in [6.07, 6.45) is 3.10. The Morgan fingerprint density at radius 2 is 1.83 bits per heavy atom. The highest BCUT2D eigenvalue weighted by atomic mass is 127. The van der Waals surface area contributed by atoms with E-state index in [0.29, 0.717) is 31.3 Å². The maximum absolute atomic E-state index is 6.26. The fraction of sp³-hybridized carbons (Fsp3) is 0.500. The molecule has 0 fully saturated rings. The second-order valence-electron chi connectivity index (χ2n) is 11.8. The van der Waals surface area contributed by atoms with Crippen LogP contribution < -0.4 is 19.1 Å². The van der Waals surface area contributed by atoms with Crippen LogP contribution in [0.2, 0.25) is 0 Å². The fourth-order valence-electron chi connectivity index (χ4n) is 5.50. The van der Waals surface area contributed by atoms with Gasteiger partial charge in [0.15, 0.2) is 17.3 Å². The highest BCUT2D eigenvalue weighted by Gasteiger charge is 2.32. The summed E-state index contributed by atoms with van der Waals surface area (Å²) < 4.78 is 23.0. The minimum absolute atomic E-state index is 0.102. The normalized spacial score (nSPS) is 16.8. The van der Waals surface area contributed by atoms with E-state index in [1.807, 2.05) is 12.1 Å². The van der Waals surface area contributed by atoms with E-state index in [2.05, 4.69) is 84.6 Å². The predicted molar refractivity (Wildman–Crippen MR) is 171 cm³/mol. The van der Waals surface area contributed by atoms with Gasteiger partial charge in [0.2, 0.25) is 0 Å². The van der Waals surface area contributed by atoms with Crippen LogP contribution in [0.15, 0.2) is 36.4 Å². The van der Waals surface area contributed by atoms with E-state index in [1.165, 1.54) is 11.3 Å². The number of fused-ring (bicyclic) bond motifs is 2. The molecule has 0 bridgehead atoms. The number of benzene rings is 2. The average Bonchev–Trinajstić information content (AvgIpc) is 3.18. The smallest absolute Gasteiger partial charge is 0.161 e. The van der Waals surface area contributed by atoms with E-state index in [-0.39, 0.29) is 9.46 Å². The number of halogens is 1. The SMILES string of the molecule is COCCOc1ccc(-c2ccc3c(c2)CN(c2nc(C(I)N(C)C)nc4c2CC(C)(C)CC4)CCO3)cc1OC. The summed E-state index contributed by atoms with van der Waals surface area (Å²) in [6, 6.07) is 12.5. The Balaban J connectivity index is 1.49.